The fourth-order valence-electron chi connectivity index (χ4n) is 1.21. The molecule has 0 atom stereocenters. The van der Waals surface area contributed by atoms with E-state index in [0.29, 0.717) is 11.0 Å². The number of nitrogens with zero attached hydrogens (tertiary/aromatic N) is 1. The van der Waals surface area contributed by atoms with Crippen molar-refractivity contribution in [3.63, 3.8) is 0 Å². The predicted molar refractivity (Wildman–Crippen MR) is 78.3 cm³/mol. The number of quaternary nitrogens is 1. The van der Waals surface area contributed by atoms with Crippen LogP contribution in [0.4, 0.5) is 4.79 Å². The summed E-state index contributed by atoms with van der Waals surface area (Å²) >= 11 is 0. The third-order valence-electron chi connectivity index (χ3n) is 2.30. The van der Waals surface area contributed by atoms with Crippen LogP contribution in [0.1, 0.15) is 0 Å². The van der Waals surface area contributed by atoms with E-state index in [4.69, 9.17) is 14.0 Å². The molecule has 0 spiro atoms. The Hall–Kier alpha value is -0.640. The maximum atomic E-state index is 11.4. The topological polar surface area (TPSA) is 89.9 Å². The van der Waals surface area contributed by atoms with Crippen LogP contribution in [-0.2, 0) is 14.9 Å². The Labute approximate surface area is 146 Å². The van der Waals surface area contributed by atoms with Gasteiger partial charge >= 0.3 is 35.7 Å². The molecule has 1 aromatic carbocycles. The first-order chi connectivity index (χ1) is 9.08. The zero-order valence-corrected chi connectivity index (χ0v) is 12.4. The standard InChI is InChI=1S/C12H17NO6S.Na.H/c1-13(2,3)8-9-18-12(14)19-10-4-6-11(7-5-10)20(15,16)17;;/h4-7H,8-9H2,1-3H3;;/p+1. The van der Waals surface area contributed by atoms with E-state index in [9.17, 15) is 13.2 Å². The molecule has 0 saturated heterocycles. The Balaban J connectivity index is 0.00000400. The number of rotatable bonds is 5. The second kappa shape index (κ2) is 8.11. The Morgan fingerprint density at radius 1 is 1.19 bits per heavy atom. The summed E-state index contributed by atoms with van der Waals surface area (Å²) in [5.41, 5.74) is 0. The van der Waals surface area contributed by atoms with Gasteiger partial charge < -0.3 is 14.0 Å². The van der Waals surface area contributed by atoms with Crippen molar-refractivity contribution in [2.45, 2.75) is 4.90 Å². The molecule has 0 aromatic heterocycles. The summed E-state index contributed by atoms with van der Waals surface area (Å²) in [7, 11) is 1.63. The second-order valence-electron chi connectivity index (χ2n) is 5.16. The van der Waals surface area contributed by atoms with E-state index in [1.807, 2.05) is 21.1 Å². The van der Waals surface area contributed by atoms with Crippen molar-refractivity contribution in [3.05, 3.63) is 24.3 Å². The van der Waals surface area contributed by atoms with Gasteiger partial charge in [0.1, 0.15) is 18.9 Å². The average molecular weight is 328 g/mol. The molecule has 114 valence electrons. The molecular weight excluding hydrogens is 309 g/mol. The van der Waals surface area contributed by atoms with Crippen molar-refractivity contribution in [1.29, 1.82) is 0 Å². The summed E-state index contributed by atoms with van der Waals surface area (Å²) in [5, 5.41) is 0. The minimum atomic E-state index is -4.25. The summed E-state index contributed by atoms with van der Waals surface area (Å²) in [5.74, 6) is 0.132. The van der Waals surface area contributed by atoms with Gasteiger partial charge in [-0.05, 0) is 24.3 Å². The molecule has 0 aliphatic rings. The summed E-state index contributed by atoms with van der Waals surface area (Å²) in [6, 6.07) is 4.77. The molecule has 0 unspecified atom stereocenters. The molecule has 1 aromatic rings. The Kier molecular flexibility index (Phi) is 7.87. The van der Waals surface area contributed by atoms with Gasteiger partial charge in [0.05, 0.1) is 26.0 Å². The molecular formula is C12H19NNaO6S+. The van der Waals surface area contributed by atoms with Crippen LogP contribution in [0.25, 0.3) is 0 Å². The predicted octanol–water partition coefficient (Wildman–Crippen LogP) is 0.506. The molecule has 0 aliphatic heterocycles. The van der Waals surface area contributed by atoms with Crippen LogP contribution in [-0.4, -0.2) is 87.5 Å². The number of carbonyl (C=O) groups is 1. The number of hydrogen-bond acceptors (Lipinski definition) is 5. The van der Waals surface area contributed by atoms with E-state index in [1.54, 1.807) is 0 Å². The summed E-state index contributed by atoms with van der Waals surface area (Å²) in [6.45, 7) is 0.849. The van der Waals surface area contributed by atoms with Crippen molar-refractivity contribution in [1.82, 2.24) is 0 Å². The van der Waals surface area contributed by atoms with Gasteiger partial charge in [0.2, 0.25) is 0 Å². The number of likely N-dealkylation sites (N-methyl/N-ethyl adjacent to an activating group) is 1. The van der Waals surface area contributed by atoms with Crippen LogP contribution in [0.15, 0.2) is 29.2 Å². The molecule has 0 heterocycles. The van der Waals surface area contributed by atoms with Crippen molar-refractivity contribution >= 4 is 45.8 Å². The third-order valence-corrected chi connectivity index (χ3v) is 3.17. The van der Waals surface area contributed by atoms with Gasteiger partial charge in [-0.3, -0.25) is 4.55 Å². The monoisotopic (exact) mass is 328 g/mol. The van der Waals surface area contributed by atoms with Gasteiger partial charge in [0.15, 0.2) is 0 Å². The number of carbonyl (C=O) groups excluding carboxylic acids is 1. The van der Waals surface area contributed by atoms with Gasteiger partial charge in [-0.15, -0.1) is 0 Å². The molecule has 0 fully saturated rings. The summed E-state index contributed by atoms with van der Waals surface area (Å²) in [4.78, 5) is 11.1. The molecule has 1 rings (SSSR count). The van der Waals surface area contributed by atoms with Crippen LogP contribution in [0.3, 0.4) is 0 Å². The molecule has 0 bridgehead atoms. The number of ether oxygens (including phenoxy) is 2. The van der Waals surface area contributed by atoms with Gasteiger partial charge in [-0.25, -0.2) is 4.79 Å². The fourth-order valence-corrected chi connectivity index (χ4v) is 1.69. The maximum absolute atomic E-state index is 11.4. The zero-order valence-electron chi connectivity index (χ0n) is 11.6. The molecule has 0 aliphatic carbocycles. The number of hydrogen-bond donors (Lipinski definition) is 1. The zero-order chi connectivity index (χ0) is 15.4. The van der Waals surface area contributed by atoms with Crippen LogP contribution < -0.4 is 4.74 Å². The van der Waals surface area contributed by atoms with E-state index in [0.717, 1.165) is 12.1 Å². The normalized spacial score (nSPS) is 11.4. The van der Waals surface area contributed by atoms with E-state index < -0.39 is 16.3 Å². The molecule has 0 amide bonds. The van der Waals surface area contributed by atoms with Gasteiger partial charge in [0.25, 0.3) is 10.1 Å². The summed E-state index contributed by atoms with van der Waals surface area (Å²) in [6.07, 6.45) is -0.863. The number of benzene rings is 1. The molecule has 1 N–H and O–H groups in total. The molecule has 7 nitrogen and oxygen atoms in total. The van der Waals surface area contributed by atoms with Crippen molar-refractivity contribution in [2.24, 2.45) is 0 Å². The van der Waals surface area contributed by atoms with E-state index in [-0.39, 0.29) is 46.8 Å². The van der Waals surface area contributed by atoms with Crippen molar-refractivity contribution in [2.75, 3.05) is 34.3 Å². The minimum absolute atomic E-state index is 0. The quantitative estimate of drug-likeness (QED) is 0.278. The Morgan fingerprint density at radius 3 is 2.14 bits per heavy atom. The van der Waals surface area contributed by atoms with Crippen molar-refractivity contribution in [3.8, 4) is 5.75 Å². The second-order valence-corrected chi connectivity index (χ2v) is 6.58. The van der Waals surface area contributed by atoms with Gasteiger partial charge in [-0.2, -0.15) is 8.42 Å². The first kappa shape index (κ1) is 20.4. The Morgan fingerprint density at radius 2 is 1.71 bits per heavy atom. The average Bonchev–Trinajstić information content (AvgIpc) is 2.26. The first-order valence-corrected chi connectivity index (χ1v) is 7.24. The van der Waals surface area contributed by atoms with Crippen molar-refractivity contribution < 1.29 is 31.7 Å². The van der Waals surface area contributed by atoms with Gasteiger partial charge in [0, 0.05) is 0 Å². The summed E-state index contributed by atoms with van der Waals surface area (Å²) < 4.78 is 40.8. The molecule has 21 heavy (non-hydrogen) atoms. The van der Waals surface area contributed by atoms with Crippen LogP contribution in [0.2, 0.25) is 0 Å². The third kappa shape index (κ3) is 8.40. The van der Waals surface area contributed by atoms with E-state index in [1.165, 1.54) is 12.1 Å². The fraction of sp³-hybridized carbons (Fsp3) is 0.417. The SMILES string of the molecule is C[N+](C)(C)CCOC(=O)Oc1ccc(S(=O)(=O)O)cc1.[NaH]. The van der Waals surface area contributed by atoms with Crippen LogP contribution in [0.5, 0.6) is 5.75 Å². The van der Waals surface area contributed by atoms with Crippen LogP contribution in [0, 0.1) is 0 Å². The first-order valence-electron chi connectivity index (χ1n) is 5.80. The van der Waals surface area contributed by atoms with Crippen LogP contribution >= 0.6 is 0 Å². The van der Waals surface area contributed by atoms with E-state index in [2.05, 4.69) is 0 Å². The van der Waals surface area contributed by atoms with E-state index >= 15 is 0 Å². The molecule has 0 radical (unpaired) electrons. The molecule has 9 heteroatoms. The van der Waals surface area contributed by atoms with Gasteiger partial charge in [-0.1, -0.05) is 0 Å². The molecule has 0 saturated carbocycles. The Bertz CT molecular complexity index is 564.